The highest BCUT2D eigenvalue weighted by atomic mass is 16.5. The number of carbonyl (C=O) groups excluding carboxylic acids is 2. The zero-order chi connectivity index (χ0) is 33.2. The summed E-state index contributed by atoms with van der Waals surface area (Å²) < 4.78 is 10.6. The summed E-state index contributed by atoms with van der Waals surface area (Å²) >= 11 is 0. The molecule has 2 aliphatic heterocycles. The zero-order valence-corrected chi connectivity index (χ0v) is 27.6. The smallest absolute Gasteiger partial charge is 0.298 e. The number of likely N-dealkylation sites (tertiary alicyclic amines) is 2. The van der Waals surface area contributed by atoms with Crippen LogP contribution in [0, 0.1) is 29.6 Å². The molecule has 3 aromatic heterocycles. The normalized spacial score (nSPS) is 21.6. The van der Waals surface area contributed by atoms with Crippen LogP contribution in [0.3, 0.4) is 0 Å². The second-order valence-corrected chi connectivity index (χ2v) is 14.2. The first-order valence-corrected chi connectivity index (χ1v) is 17.4. The molecule has 49 heavy (non-hydrogen) atoms. The van der Waals surface area contributed by atoms with E-state index in [-0.39, 0.29) is 29.8 Å². The number of methoxy groups -OCH3 is 1. The van der Waals surface area contributed by atoms with Crippen molar-refractivity contribution in [3.8, 4) is 29.1 Å². The largest absolute Gasteiger partial charge is 0.494 e. The van der Waals surface area contributed by atoms with E-state index in [0.717, 1.165) is 53.0 Å². The summed E-state index contributed by atoms with van der Waals surface area (Å²) in [7, 11) is 1.65. The lowest BCUT2D eigenvalue weighted by Gasteiger charge is -2.38. The molecule has 2 amide bonds. The van der Waals surface area contributed by atoms with Crippen LogP contribution in [0.15, 0.2) is 66.9 Å². The molecule has 2 saturated carbocycles. The summed E-state index contributed by atoms with van der Waals surface area (Å²) in [5, 5.41) is 1.07. The van der Waals surface area contributed by atoms with Gasteiger partial charge in [0, 0.05) is 79.4 Å². The molecule has 0 radical (unpaired) electrons. The number of imidazole rings is 1. The van der Waals surface area contributed by atoms with Gasteiger partial charge in [-0.3, -0.25) is 9.59 Å². The highest BCUT2D eigenvalue weighted by molar-refractivity contribution is 6.00. The van der Waals surface area contributed by atoms with Crippen LogP contribution in [0.5, 0.6) is 5.75 Å². The highest BCUT2D eigenvalue weighted by Crippen LogP contribution is 2.41. The molecule has 4 aliphatic rings. The lowest BCUT2D eigenvalue weighted by Crippen LogP contribution is -2.51. The van der Waals surface area contributed by atoms with Crippen molar-refractivity contribution in [2.45, 2.75) is 50.9 Å². The third-order valence-electron chi connectivity index (χ3n) is 11.0. The molecule has 2 N–H and O–H groups in total. The Morgan fingerprint density at radius 1 is 0.939 bits per heavy atom. The van der Waals surface area contributed by atoms with Crippen molar-refractivity contribution in [3.05, 3.63) is 78.0 Å². The molecule has 2 aromatic carbocycles. The Kier molecular flexibility index (Phi) is 7.20. The van der Waals surface area contributed by atoms with Crippen molar-refractivity contribution in [1.82, 2.24) is 28.9 Å². The molecule has 2 bridgehead atoms. The average Bonchev–Trinajstić information content (AvgIpc) is 3.46. The van der Waals surface area contributed by atoms with E-state index < -0.39 is 0 Å². The summed E-state index contributed by atoms with van der Waals surface area (Å²) in [4.78, 5) is 40.7. The molecule has 4 fully saturated rings. The molecule has 2 aliphatic carbocycles. The van der Waals surface area contributed by atoms with E-state index in [0.29, 0.717) is 54.8 Å². The number of ether oxygens (including phenoxy) is 1. The molecule has 248 valence electrons. The highest BCUT2D eigenvalue weighted by Gasteiger charge is 2.47. The van der Waals surface area contributed by atoms with Gasteiger partial charge in [-0.15, -0.1) is 0 Å². The summed E-state index contributed by atoms with van der Waals surface area (Å²) in [6.45, 7) is 3.42. The SMILES string of the molecule is COc1cc(C(=O)N2C[C@H]3CC[C@@H]2[C@@H]3N)cc2nc(-c3cc4cccnc4n3CC3CC3)n(CC3CN(C(=O)C#Cc4ccccc4)C3)c12. The number of nitrogens with two attached hydrogens (primary N) is 1. The van der Waals surface area contributed by atoms with Crippen LogP contribution in [0.4, 0.5) is 0 Å². The third kappa shape index (κ3) is 5.24. The Morgan fingerprint density at radius 2 is 1.76 bits per heavy atom. The minimum Gasteiger partial charge on any atom is -0.494 e. The van der Waals surface area contributed by atoms with Gasteiger partial charge in [-0.1, -0.05) is 24.1 Å². The van der Waals surface area contributed by atoms with Crippen LogP contribution in [-0.2, 0) is 17.9 Å². The number of pyridine rings is 1. The molecule has 0 unspecified atom stereocenters. The van der Waals surface area contributed by atoms with Crippen molar-refractivity contribution in [2.75, 3.05) is 26.7 Å². The van der Waals surface area contributed by atoms with Gasteiger partial charge in [0.1, 0.15) is 16.9 Å². The fourth-order valence-corrected chi connectivity index (χ4v) is 8.18. The molecule has 2 saturated heterocycles. The maximum absolute atomic E-state index is 14.0. The summed E-state index contributed by atoms with van der Waals surface area (Å²) in [5.74, 6) is 8.23. The van der Waals surface area contributed by atoms with Gasteiger partial charge in [-0.25, -0.2) is 9.97 Å². The van der Waals surface area contributed by atoms with Crippen LogP contribution in [0.2, 0.25) is 0 Å². The second kappa shape index (κ2) is 11.8. The molecule has 0 spiro atoms. The number of hydrogen-bond donors (Lipinski definition) is 1. The predicted octanol–water partition coefficient (Wildman–Crippen LogP) is 4.54. The number of rotatable bonds is 7. The van der Waals surface area contributed by atoms with E-state index in [1.54, 1.807) is 12.0 Å². The van der Waals surface area contributed by atoms with Crippen molar-refractivity contribution in [3.63, 3.8) is 0 Å². The van der Waals surface area contributed by atoms with Gasteiger partial charge < -0.3 is 29.4 Å². The van der Waals surface area contributed by atoms with Crippen LogP contribution < -0.4 is 10.5 Å². The van der Waals surface area contributed by atoms with E-state index in [4.69, 9.17) is 20.4 Å². The van der Waals surface area contributed by atoms with Gasteiger partial charge in [0.2, 0.25) is 0 Å². The Hall–Kier alpha value is -5.14. The number of carbonyl (C=O) groups is 2. The number of aromatic nitrogens is 4. The lowest BCUT2D eigenvalue weighted by molar-refractivity contribution is -0.131. The Balaban J connectivity index is 1.09. The number of nitrogens with zero attached hydrogens (tertiary/aromatic N) is 6. The molecule has 3 atom stereocenters. The molecule has 5 aromatic rings. The first-order valence-electron chi connectivity index (χ1n) is 17.4. The summed E-state index contributed by atoms with van der Waals surface area (Å²) in [6.07, 6.45) is 6.30. The Labute approximate surface area is 284 Å². The molecule has 9 rings (SSSR count). The monoisotopic (exact) mass is 653 g/mol. The topological polar surface area (TPSA) is 112 Å². The van der Waals surface area contributed by atoms with Gasteiger partial charge in [0.25, 0.3) is 11.8 Å². The maximum Gasteiger partial charge on any atom is 0.298 e. The quantitative estimate of drug-likeness (QED) is 0.258. The third-order valence-corrected chi connectivity index (χ3v) is 11.0. The van der Waals surface area contributed by atoms with Gasteiger partial charge in [0.15, 0.2) is 5.82 Å². The minimum absolute atomic E-state index is 0.0178. The molecular weight excluding hydrogens is 614 g/mol. The standard InChI is InChI=1S/C39H39N7O3/c1-49-33-18-29(39(48)45-23-28-12-13-31(45)35(28)40)16-30-36(33)46(22-26-19-43(20-26)34(47)14-11-24-6-3-2-4-7-24)38(42-30)32-17-27-8-5-15-41-37(27)44(32)21-25-9-10-25/h2-8,15-18,25-26,28,31,35H,9-10,12-13,19-23,40H2,1H3/t28-,31-,35-/m1/s1. The maximum atomic E-state index is 14.0. The number of fused-ring (bicyclic) bond motifs is 4. The number of benzene rings is 2. The van der Waals surface area contributed by atoms with Crippen LogP contribution in [-0.4, -0.2) is 79.5 Å². The van der Waals surface area contributed by atoms with Gasteiger partial charge in [0.05, 0.1) is 18.3 Å². The Morgan fingerprint density at radius 3 is 2.49 bits per heavy atom. The van der Waals surface area contributed by atoms with E-state index >= 15 is 0 Å². The molecule has 5 heterocycles. The van der Waals surface area contributed by atoms with Crippen LogP contribution in [0.25, 0.3) is 33.6 Å². The first kappa shape index (κ1) is 30.0. The zero-order valence-electron chi connectivity index (χ0n) is 27.6. The fourth-order valence-electron chi connectivity index (χ4n) is 8.18. The van der Waals surface area contributed by atoms with Gasteiger partial charge >= 0.3 is 0 Å². The fraction of sp³-hybridized carbons (Fsp3) is 0.385. The van der Waals surface area contributed by atoms with Crippen molar-refractivity contribution < 1.29 is 14.3 Å². The molecule has 10 heteroatoms. The van der Waals surface area contributed by atoms with E-state index in [2.05, 4.69) is 33.1 Å². The average molecular weight is 654 g/mol. The number of piperidine rings is 1. The van der Waals surface area contributed by atoms with Crippen molar-refractivity contribution in [2.24, 2.45) is 23.5 Å². The summed E-state index contributed by atoms with van der Waals surface area (Å²) in [6, 6.07) is 19.7. The second-order valence-electron chi connectivity index (χ2n) is 14.2. The lowest BCUT2D eigenvalue weighted by atomic mass is 9.99. The Bertz CT molecular complexity index is 2170. The van der Waals surface area contributed by atoms with Crippen LogP contribution in [0.1, 0.15) is 41.6 Å². The van der Waals surface area contributed by atoms with Crippen LogP contribution >= 0.6 is 0 Å². The van der Waals surface area contributed by atoms with Gasteiger partial charge in [-0.2, -0.15) is 0 Å². The van der Waals surface area contributed by atoms with E-state index in [9.17, 15) is 9.59 Å². The summed E-state index contributed by atoms with van der Waals surface area (Å²) in [5.41, 5.74) is 11.4. The number of amides is 2. The van der Waals surface area contributed by atoms with E-state index in [1.807, 2.05) is 59.6 Å². The minimum atomic E-state index is -0.164. The van der Waals surface area contributed by atoms with Crippen molar-refractivity contribution >= 4 is 33.9 Å². The van der Waals surface area contributed by atoms with Gasteiger partial charge in [-0.05, 0) is 80.0 Å². The predicted molar refractivity (Wildman–Crippen MR) is 187 cm³/mol. The molecular formula is C39H39N7O3. The molecule has 10 nitrogen and oxygen atoms in total. The van der Waals surface area contributed by atoms with Crippen molar-refractivity contribution in [1.29, 1.82) is 0 Å². The first-order chi connectivity index (χ1) is 23.9. The number of hydrogen-bond acceptors (Lipinski definition) is 6. The van der Waals surface area contributed by atoms with E-state index in [1.165, 1.54) is 12.8 Å².